The third-order valence-corrected chi connectivity index (χ3v) is 4.31. The van der Waals surface area contributed by atoms with Gasteiger partial charge in [0.2, 0.25) is 0 Å². The van der Waals surface area contributed by atoms with E-state index in [2.05, 4.69) is 79.4 Å². The van der Waals surface area contributed by atoms with Crippen molar-refractivity contribution in [2.24, 2.45) is 0 Å². The largest absolute Gasteiger partial charge is 0.117 e. The third-order valence-electron chi connectivity index (χ3n) is 3.18. The Hall–Kier alpha value is -1.95. The van der Waals surface area contributed by atoms with Crippen molar-refractivity contribution in [3.05, 3.63) is 89.7 Å². The Bertz CT molecular complexity index is 632. The molecule has 0 N–H and O–H groups in total. The highest BCUT2D eigenvalue weighted by molar-refractivity contribution is 8.08. The highest BCUT2D eigenvalue weighted by atomic mass is 32.2. The van der Waals surface area contributed by atoms with E-state index in [-0.39, 0.29) is 0 Å². The Balaban J connectivity index is 2.13. The van der Waals surface area contributed by atoms with Crippen molar-refractivity contribution in [1.82, 2.24) is 0 Å². The second-order valence-electron chi connectivity index (χ2n) is 4.98. The molecule has 0 heterocycles. The highest BCUT2D eigenvalue weighted by Gasteiger charge is 2.00. The van der Waals surface area contributed by atoms with Crippen LogP contribution in [-0.4, -0.2) is 5.75 Å². The minimum atomic E-state index is 1.14. The Labute approximate surface area is 138 Å². The van der Waals surface area contributed by atoms with Gasteiger partial charge in [0.25, 0.3) is 0 Å². The average molecular weight is 306 g/mol. The van der Waals surface area contributed by atoms with Crippen molar-refractivity contribution in [3.63, 3.8) is 0 Å². The fourth-order valence-electron chi connectivity index (χ4n) is 1.96. The van der Waals surface area contributed by atoms with Gasteiger partial charge < -0.3 is 0 Å². The van der Waals surface area contributed by atoms with Gasteiger partial charge in [-0.1, -0.05) is 86.2 Å². The molecule has 0 bridgehead atoms. The lowest BCUT2D eigenvalue weighted by Crippen LogP contribution is -1.81. The fourth-order valence-corrected chi connectivity index (χ4v) is 3.05. The Morgan fingerprint density at radius 1 is 1.00 bits per heavy atom. The molecule has 0 atom stereocenters. The summed E-state index contributed by atoms with van der Waals surface area (Å²) in [4.78, 5) is 1.21. The molecule has 0 aliphatic rings. The normalized spacial score (nSPS) is 10.4. The van der Waals surface area contributed by atoms with Crippen molar-refractivity contribution in [1.29, 1.82) is 0 Å². The van der Waals surface area contributed by atoms with E-state index in [4.69, 9.17) is 0 Å². The van der Waals surface area contributed by atoms with E-state index in [1.165, 1.54) is 28.9 Å². The molecule has 22 heavy (non-hydrogen) atoms. The lowest BCUT2D eigenvalue weighted by atomic mass is 10.2. The number of hydrogen-bond acceptors (Lipinski definition) is 1. The molecule has 0 aliphatic carbocycles. The van der Waals surface area contributed by atoms with Crippen LogP contribution in [-0.2, 0) is 0 Å². The molecule has 0 fully saturated rings. The maximum atomic E-state index is 3.43. The summed E-state index contributed by atoms with van der Waals surface area (Å²) in [5, 5.41) is 0. The first-order chi connectivity index (χ1) is 10.9. The van der Waals surface area contributed by atoms with Gasteiger partial charge in [-0.25, -0.2) is 0 Å². The van der Waals surface area contributed by atoms with Crippen LogP contribution in [0.15, 0.2) is 78.5 Å². The molecule has 2 aromatic carbocycles. The van der Waals surface area contributed by atoms with E-state index < -0.39 is 0 Å². The van der Waals surface area contributed by atoms with Crippen molar-refractivity contribution in [3.8, 4) is 0 Å². The van der Waals surface area contributed by atoms with Gasteiger partial charge in [0.05, 0.1) is 4.91 Å². The van der Waals surface area contributed by atoms with Crippen LogP contribution >= 0.6 is 11.8 Å². The minimum absolute atomic E-state index is 1.14. The third kappa shape index (κ3) is 5.81. The molecule has 0 unspecified atom stereocenters. The van der Waals surface area contributed by atoms with Crippen molar-refractivity contribution in [2.45, 2.75) is 19.8 Å². The Morgan fingerprint density at radius 2 is 1.68 bits per heavy atom. The minimum Gasteiger partial charge on any atom is -0.117 e. The summed E-state index contributed by atoms with van der Waals surface area (Å²) in [5.74, 6) is 1.14. The summed E-state index contributed by atoms with van der Waals surface area (Å²) < 4.78 is 0. The summed E-state index contributed by atoms with van der Waals surface area (Å²) in [6.45, 7) is 2.23. The molecule has 0 radical (unpaired) electrons. The van der Waals surface area contributed by atoms with Gasteiger partial charge in [-0.15, -0.1) is 17.5 Å². The lowest BCUT2D eigenvalue weighted by Gasteiger charge is -2.03. The topological polar surface area (TPSA) is 0 Å². The molecule has 0 aliphatic heterocycles. The number of unbranched alkanes of at least 4 members (excludes halogenated alkanes) is 1. The molecule has 2 rings (SSSR count). The standard InChI is InChI=1S/C21H22S/c1-2-3-18-22-21(20-15-8-5-9-16-20)17-11-10-14-19-12-6-4-7-13-19/h4-16H,2-3,18H2,1H3/b14-10+. The number of thioether (sulfide) groups is 1. The van der Waals surface area contributed by atoms with Gasteiger partial charge in [-0.05, 0) is 29.4 Å². The number of benzene rings is 2. The van der Waals surface area contributed by atoms with Gasteiger partial charge in [0, 0.05) is 0 Å². The van der Waals surface area contributed by atoms with E-state index >= 15 is 0 Å². The fraction of sp³-hybridized carbons (Fsp3) is 0.190. The van der Waals surface area contributed by atoms with Crippen molar-refractivity contribution in [2.75, 3.05) is 5.75 Å². The van der Waals surface area contributed by atoms with Gasteiger partial charge in [-0.3, -0.25) is 0 Å². The highest BCUT2D eigenvalue weighted by Crippen LogP contribution is 2.27. The summed E-state index contributed by atoms with van der Waals surface area (Å²) in [5.41, 5.74) is 5.89. The van der Waals surface area contributed by atoms with E-state index in [0.717, 1.165) is 5.75 Å². The SMILES string of the molecule is CCCCSC(=C=C/C=C/c1ccccc1)c1ccccc1. The first-order valence-electron chi connectivity index (χ1n) is 7.77. The smallest absolute Gasteiger partial charge is 0.0565 e. The predicted molar refractivity (Wildman–Crippen MR) is 101 cm³/mol. The van der Waals surface area contributed by atoms with Crippen molar-refractivity contribution >= 4 is 22.7 Å². The zero-order valence-corrected chi connectivity index (χ0v) is 13.9. The van der Waals surface area contributed by atoms with Gasteiger partial charge >= 0.3 is 0 Å². The van der Waals surface area contributed by atoms with Gasteiger partial charge in [0.15, 0.2) is 0 Å². The zero-order chi connectivity index (χ0) is 15.5. The van der Waals surface area contributed by atoms with E-state index in [1.54, 1.807) is 0 Å². The van der Waals surface area contributed by atoms with Crippen LogP contribution in [0.25, 0.3) is 11.0 Å². The molecule has 1 heteroatoms. The summed E-state index contributed by atoms with van der Waals surface area (Å²) in [6, 6.07) is 20.8. The summed E-state index contributed by atoms with van der Waals surface area (Å²) in [7, 11) is 0. The molecule has 0 saturated heterocycles. The number of hydrogen-bond donors (Lipinski definition) is 0. The van der Waals surface area contributed by atoms with Crippen LogP contribution in [0.3, 0.4) is 0 Å². The zero-order valence-electron chi connectivity index (χ0n) is 13.0. The molecule has 0 amide bonds. The average Bonchev–Trinajstić information content (AvgIpc) is 2.59. The number of allylic oxidation sites excluding steroid dienone is 2. The molecule has 0 saturated carbocycles. The van der Waals surface area contributed by atoms with E-state index in [9.17, 15) is 0 Å². The molecule has 2 aromatic rings. The number of rotatable bonds is 7. The first kappa shape index (κ1) is 16.4. The van der Waals surface area contributed by atoms with Crippen LogP contribution < -0.4 is 0 Å². The monoisotopic (exact) mass is 306 g/mol. The molecule has 112 valence electrons. The summed E-state index contributed by atoms with van der Waals surface area (Å²) in [6.07, 6.45) is 8.63. The lowest BCUT2D eigenvalue weighted by molar-refractivity contribution is 0.898. The van der Waals surface area contributed by atoms with Crippen LogP contribution in [0.1, 0.15) is 30.9 Å². The maximum Gasteiger partial charge on any atom is 0.0565 e. The Morgan fingerprint density at radius 3 is 2.36 bits per heavy atom. The van der Waals surface area contributed by atoms with Crippen LogP contribution in [0.4, 0.5) is 0 Å². The molecule has 0 spiro atoms. The van der Waals surface area contributed by atoms with Gasteiger partial charge in [-0.2, -0.15) is 0 Å². The quantitative estimate of drug-likeness (QED) is 0.323. The van der Waals surface area contributed by atoms with Crippen LogP contribution in [0, 0.1) is 0 Å². The molecule has 0 nitrogen and oxygen atoms in total. The van der Waals surface area contributed by atoms with Crippen molar-refractivity contribution < 1.29 is 0 Å². The predicted octanol–water partition coefficient (Wildman–Crippen LogP) is 6.43. The summed E-state index contributed by atoms with van der Waals surface area (Å²) >= 11 is 1.89. The second kappa shape index (κ2) is 9.89. The molecular weight excluding hydrogens is 284 g/mol. The van der Waals surface area contributed by atoms with E-state index in [1.807, 2.05) is 23.9 Å². The van der Waals surface area contributed by atoms with Gasteiger partial charge in [0.1, 0.15) is 0 Å². The maximum absolute atomic E-state index is 3.43. The second-order valence-corrected chi connectivity index (χ2v) is 6.08. The Kier molecular flexibility index (Phi) is 7.38. The van der Waals surface area contributed by atoms with E-state index in [0.29, 0.717) is 0 Å². The molecular formula is C21H22S. The first-order valence-corrected chi connectivity index (χ1v) is 8.75. The van der Waals surface area contributed by atoms with Crippen LogP contribution in [0.5, 0.6) is 0 Å². The van der Waals surface area contributed by atoms with Crippen LogP contribution in [0.2, 0.25) is 0 Å². The molecule has 0 aromatic heterocycles.